The number of carboxylic acid groups (broad SMARTS) is 1. The van der Waals surface area contributed by atoms with E-state index >= 15 is 0 Å². The van der Waals surface area contributed by atoms with Crippen LogP contribution in [0.1, 0.15) is 34.9 Å². The lowest BCUT2D eigenvalue weighted by atomic mass is 10.1. The van der Waals surface area contributed by atoms with Gasteiger partial charge in [-0.1, -0.05) is 0 Å². The minimum absolute atomic E-state index is 0.0415. The SMILES string of the molecule is CC(NC(=O)C1CCS(=O)(=O)C1)c1nc(C(=O)O)cs1. The number of hydrogen-bond donors (Lipinski definition) is 2. The Labute approximate surface area is 119 Å². The minimum Gasteiger partial charge on any atom is -0.476 e. The average Bonchev–Trinajstić information content (AvgIpc) is 2.95. The number of carbonyl (C=O) groups is 2. The summed E-state index contributed by atoms with van der Waals surface area (Å²) in [6, 6.07) is -0.441. The number of aromatic nitrogens is 1. The molecule has 0 aromatic carbocycles. The van der Waals surface area contributed by atoms with Crippen molar-refractivity contribution >= 4 is 33.1 Å². The van der Waals surface area contributed by atoms with Gasteiger partial charge >= 0.3 is 5.97 Å². The molecule has 2 heterocycles. The number of nitrogens with one attached hydrogen (secondary N) is 1. The lowest BCUT2D eigenvalue weighted by Gasteiger charge is -2.14. The zero-order valence-electron chi connectivity index (χ0n) is 10.7. The number of carboxylic acids is 1. The van der Waals surface area contributed by atoms with Crippen molar-refractivity contribution < 1.29 is 23.1 Å². The molecule has 0 radical (unpaired) electrons. The van der Waals surface area contributed by atoms with Crippen LogP contribution in [0.4, 0.5) is 0 Å². The smallest absolute Gasteiger partial charge is 0.355 e. The molecule has 1 aliphatic rings. The van der Waals surface area contributed by atoms with Crippen LogP contribution in [0.3, 0.4) is 0 Å². The summed E-state index contributed by atoms with van der Waals surface area (Å²) >= 11 is 1.15. The molecule has 1 aliphatic heterocycles. The van der Waals surface area contributed by atoms with Crippen molar-refractivity contribution in [3.8, 4) is 0 Å². The van der Waals surface area contributed by atoms with Crippen molar-refractivity contribution in [3.05, 3.63) is 16.1 Å². The quantitative estimate of drug-likeness (QED) is 0.833. The molecule has 9 heteroatoms. The predicted molar refractivity (Wildman–Crippen MR) is 72.4 cm³/mol. The maximum absolute atomic E-state index is 11.9. The zero-order chi connectivity index (χ0) is 14.9. The van der Waals surface area contributed by atoms with Gasteiger partial charge in [0.15, 0.2) is 15.5 Å². The summed E-state index contributed by atoms with van der Waals surface area (Å²) in [4.78, 5) is 26.6. The molecule has 110 valence electrons. The van der Waals surface area contributed by atoms with E-state index in [9.17, 15) is 18.0 Å². The highest BCUT2D eigenvalue weighted by molar-refractivity contribution is 7.91. The summed E-state index contributed by atoms with van der Waals surface area (Å²) in [5, 5.41) is 13.3. The zero-order valence-corrected chi connectivity index (χ0v) is 12.3. The van der Waals surface area contributed by atoms with Gasteiger partial charge in [-0.3, -0.25) is 4.79 Å². The first-order chi connectivity index (χ1) is 9.28. The summed E-state index contributed by atoms with van der Waals surface area (Å²) in [6.07, 6.45) is 0.332. The van der Waals surface area contributed by atoms with Gasteiger partial charge in [-0.25, -0.2) is 18.2 Å². The highest BCUT2D eigenvalue weighted by atomic mass is 32.2. The average molecular weight is 318 g/mol. The molecule has 7 nitrogen and oxygen atoms in total. The first-order valence-corrected chi connectivity index (χ1v) is 8.68. The fraction of sp³-hybridized carbons (Fsp3) is 0.545. The number of sulfone groups is 1. The van der Waals surface area contributed by atoms with Gasteiger partial charge in [0.1, 0.15) is 5.01 Å². The molecular weight excluding hydrogens is 304 g/mol. The fourth-order valence-electron chi connectivity index (χ4n) is 1.98. The van der Waals surface area contributed by atoms with Crippen LogP contribution in [-0.2, 0) is 14.6 Å². The second-order valence-corrected chi connectivity index (χ2v) is 7.82. The van der Waals surface area contributed by atoms with Crippen molar-refractivity contribution in [3.63, 3.8) is 0 Å². The van der Waals surface area contributed by atoms with E-state index in [2.05, 4.69) is 10.3 Å². The number of aromatic carboxylic acids is 1. The lowest BCUT2D eigenvalue weighted by Crippen LogP contribution is -2.33. The molecule has 0 aliphatic carbocycles. The van der Waals surface area contributed by atoms with Crippen molar-refractivity contribution in [2.75, 3.05) is 11.5 Å². The molecular formula is C11H14N2O5S2. The van der Waals surface area contributed by atoms with Crippen LogP contribution < -0.4 is 5.32 Å². The van der Waals surface area contributed by atoms with Gasteiger partial charge in [0.2, 0.25) is 5.91 Å². The molecule has 1 amide bonds. The molecule has 0 bridgehead atoms. The maximum atomic E-state index is 11.9. The molecule has 2 N–H and O–H groups in total. The highest BCUT2D eigenvalue weighted by Crippen LogP contribution is 2.22. The summed E-state index contributed by atoms with van der Waals surface area (Å²) < 4.78 is 22.6. The topological polar surface area (TPSA) is 113 Å². The van der Waals surface area contributed by atoms with Crippen molar-refractivity contribution in [2.45, 2.75) is 19.4 Å². The highest BCUT2D eigenvalue weighted by Gasteiger charge is 2.33. The van der Waals surface area contributed by atoms with Gasteiger partial charge in [0.05, 0.1) is 23.5 Å². The first kappa shape index (κ1) is 14.9. The predicted octanol–water partition coefficient (Wildman–Crippen LogP) is 0.453. The third-order valence-corrected chi connectivity index (χ3v) is 5.87. The van der Waals surface area contributed by atoms with E-state index in [1.54, 1.807) is 6.92 Å². The van der Waals surface area contributed by atoms with Crippen LogP contribution in [0.25, 0.3) is 0 Å². The Balaban J connectivity index is 1.98. The summed E-state index contributed by atoms with van der Waals surface area (Å²) in [6.45, 7) is 1.69. The van der Waals surface area contributed by atoms with Gasteiger partial charge in [0, 0.05) is 5.38 Å². The van der Waals surface area contributed by atoms with E-state index in [0.29, 0.717) is 11.4 Å². The van der Waals surface area contributed by atoms with Crippen LogP contribution in [0.2, 0.25) is 0 Å². The third-order valence-electron chi connectivity index (χ3n) is 3.07. The molecule has 20 heavy (non-hydrogen) atoms. The Morgan fingerprint density at radius 2 is 2.25 bits per heavy atom. The van der Waals surface area contributed by atoms with E-state index in [0.717, 1.165) is 11.3 Å². The molecule has 1 aromatic heterocycles. The van der Waals surface area contributed by atoms with E-state index in [1.807, 2.05) is 0 Å². The van der Waals surface area contributed by atoms with Crippen LogP contribution in [-0.4, -0.2) is 41.9 Å². The molecule has 1 fully saturated rings. The van der Waals surface area contributed by atoms with Crippen molar-refractivity contribution in [2.24, 2.45) is 5.92 Å². The summed E-state index contributed by atoms with van der Waals surface area (Å²) in [7, 11) is -3.10. The van der Waals surface area contributed by atoms with Gasteiger partial charge < -0.3 is 10.4 Å². The Morgan fingerprint density at radius 3 is 2.75 bits per heavy atom. The lowest BCUT2D eigenvalue weighted by molar-refractivity contribution is -0.124. The van der Waals surface area contributed by atoms with E-state index in [4.69, 9.17) is 5.11 Å². The second kappa shape index (κ2) is 5.49. The number of rotatable bonds is 4. The fourth-order valence-corrected chi connectivity index (χ4v) is 4.52. The third kappa shape index (κ3) is 3.34. The largest absolute Gasteiger partial charge is 0.476 e. The van der Waals surface area contributed by atoms with Crippen LogP contribution in [0.15, 0.2) is 5.38 Å². The van der Waals surface area contributed by atoms with Crippen molar-refractivity contribution in [1.29, 1.82) is 0 Å². The molecule has 0 spiro atoms. The maximum Gasteiger partial charge on any atom is 0.355 e. The Bertz CT molecular complexity index is 637. The number of carbonyl (C=O) groups excluding carboxylic acids is 1. The Morgan fingerprint density at radius 1 is 1.55 bits per heavy atom. The summed E-state index contributed by atoms with van der Waals surface area (Å²) in [5.74, 6) is -2.05. The molecule has 2 unspecified atom stereocenters. The second-order valence-electron chi connectivity index (χ2n) is 4.71. The Kier molecular flexibility index (Phi) is 4.09. The van der Waals surface area contributed by atoms with Gasteiger partial charge in [-0.2, -0.15) is 0 Å². The molecule has 1 saturated heterocycles. The Hall–Kier alpha value is -1.48. The van der Waals surface area contributed by atoms with Crippen LogP contribution >= 0.6 is 11.3 Å². The van der Waals surface area contributed by atoms with E-state index < -0.39 is 27.8 Å². The molecule has 2 rings (SSSR count). The van der Waals surface area contributed by atoms with Crippen LogP contribution in [0, 0.1) is 5.92 Å². The number of amides is 1. The number of nitrogens with zero attached hydrogens (tertiary/aromatic N) is 1. The minimum atomic E-state index is -3.10. The van der Waals surface area contributed by atoms with E-state index in [-0.39, 0.29) is 23.1 Å². The summed E-state index contributed by atoms with van der Waals surface area (Å²) in [5.41, 5.74) is -0.0606. The van der Waals surface area contributed by atoms with Crippen molar-refractivity contribution in [1.82, 2.24) is 10.3 Å². The molecule has 2 atom stereocenters. The molecule has 0 saturated carbocycles. The normalized spacial score (nSPS) is 22.4. The van der Waals surface area contributed by atoms with E-state index in [1.165, 1.54) is 5.38 Å². The number of hydrogen-bond acceptors (Lipinski definition) is 6. The standard InChI is InChI=1S/C11H14N2O5S2/c1-6(10-13-8(4-19-10)11(15)16)12-9(14)7-2-3-20(17,18)5-7/h4,6-7H,2-3,5H2,1H3,(H,12,14)(H,15,16). The first-order valence-electron chi connectivity index (χ1n) is 5.98. The molecule has 1 aromatic rings. The van der Waals surface area contributed by atoms with Gasteiger partial charge in [-0.15, -0.1) is 11.3 Å². The monoisotopic (exact) mass is 318 g/mol. The number of thiazole rings is 1. The van der Waals surface area contributed by atoms with Crippen LogP contribution in [0.5, 0.6) is 0 Å². The van der Waals surface area contributed by atoms with Gasteiger partial charge in [0.25, 0.3) is 0 Å². The van der Waals surface area contributed by atoms with Gasteiger partial charge in [-0.05, 0) is 13.3 Å².